The normalized spacial score (nSPS) is 11.4. The van der Waals surface area contributed by atoms with Gasteiger partial charge in [-0.2, -0.15) is 0 Å². The van der Waals surface area contributed by atoms with Gasteiger partial charge in [0.1, 0.15) is 0 Å². The number of hydrogen-bond acceptors (Lipinski definition) is 1. The van der Waals surface area contributed by atoms with Gasteiger partial charge in [0.2, 0.25) is 0 Å². The molecule has 0 aliphatic rings. The molecule has 14 heavy (non-hydrogen) atoms. The third-order valence-electron chi connectivity index (χ3n) is 1.91. The largest absolute Gasteiger partial charge is 0.478 e. The van der Waals surface area contributed by atoms with Gasteiger partial charge in [0.25, 0.3) is 0 Å². The van der Waals surface area contributed by atoms with Crippen molar-refractivity contribution in [3.05, 3.63) is 35.4 Å². The fourth-order valence-electron chi connectivity index (χ4n) is 1.43. The van der Waals surface area contributed by atoms with E-state index >= 15 is 0 Å². The number of carboxylic acids is 1. The van der Waals surface area contributed by atoms with Gasteiger partial charge in [-0.25, -0.2) is 4.79 Å². The van der Waals surface area contributed by atoms with Crippen molar-refractivity contribution in [1.29, 1.82) is 0 Å². The number of benzene rings is 1. The van der Waals surface area contributed by atoms with E-state index in [1.165, 1.54) is 0 Å². The quantitative estimate of drug-likeness (QED) is 0.776. The number of carbonyl (C=O) groups is 1. The number of hydrogen-bond donors (Lipinski definition) is 1. The molecule has 1 aromatic rings. The number of rotatable bonds is 3. The average Bonchev–Trinajstić information content (AvgIpc) is 2.01. The van der Waals surface area contributed by atoms with Crippen molar-refractivity contribution in [2.75, 3.05) is 0 Å². The Bertz CT molecular complexity index is 339. The highest BCUT2D eigenvalue weighted by Crippen LogP contribution is 2.13. The van der Waals surface area contributed by atoms with Crippen LogP contribution >= 0.6 is 0 Å². The van der Waals surface area contributed by atoms with Crippen molar-refractivity contribution in [2.24, 2.45) is 0 Å². The Morgan fingerprint density at radius 2 is 2.00 bits per heavy atom. The Hall–Kier alpha value is -1.09. The zero-order chi connectivity index (χ0) is 10.8. The van der Waals surface area contributed by atoms with E-state index < -0.39 is 14.0 Å². The van der Waals surface area contributed by atoms with Crippen molar-refractivity contribution in [2.45, 2.75) is 25.7 Å². The predicted octanol–water partition coefficient (Wildman–Crippen LogP) is 2.80. The summed E-state index contributed by atoms with van der Waals surface area (Å²) in [5.74, 6) is -0.845. The average molecular weight is 208 g/mol. The summed E-state index contributed by atoms with van der Waals surface area (Å²) < 4.78 is 0. The molecule has 1 N–H and O–H groups in total. The molecule has 2 nitrogen and oxygen atoms in total. The molecule has 0 unspecified atom stereocenters. The van der Waals surface area contributed by atoms with E-state index in [4.69, 9.17) is 5.11 Å². The molecule has 0 aromatic heterocycles. The molecule has 0 bridgehead atoms. The lowest BCUT2D eigenvalue weighted by Crippen LogP contribution is -2.23. The minimum Gasteiger partial charge on any atom is -0.478 e. The summed E-state index contributed by atoms with van der Waals surface area (Å²) in [7, 11) is -1.15. The van der Waals surface area contributed by atoms with E-state index in [0.717, 1.165) is 11.6 Å². The molecule has 0 atom stereocenters. The SMILES string of the molecule is C[Si](C)(C)Cc1cccc(C(=O)O)c1. The number of carboxylic acid groups (broad SMARTS) is 1. The van der Waals surface area contributed by atoms with Gasteiger partial charge in [-0.15, -0.1) is 0 Å². The Morgan fingerprint density at radius 3 is 2.50 bits per heavy atom. The molecule has 0 saturated heterocycles. The van der Waals surface area contributed by atoms with Gasteiger partial charge < -0.3 is 5.11 Å². The van der Waals surface area contributed by atoms with Crippen LogP contribution in [0.5, 0.6) is 0 Å². The van der Waals surface area contributed by atoms with Crippen LogP contribution in [-0.4, -0.2) is 19.1 Å². The molecule has 0 fully saturated rings. The maximum absolute atomic E-state index is 10.7. The summed E-state index contributed by atoms with van der Waals surface area (Å²) in [6.45, 7) is 6.83. The molecule has 0 aliphatic carbocycles. The fourth-order valence-corrected chi connectivity index (χ4v) is 2.87. The molecule has 0 radical (unpaired) electrons. The van der Waals surface area contributed by atoms with Crippen LogP contribution in [0.3, 0.4) is 0 Å². The van der Waals surface area contributed by atoms with Gasteiger partial charge in [-0.1, -0.05) is 31.8 Å². The highest BCUT2D eigenvalue weighted by atomic mass is 28.3. The van der Waals surface area contributed by atoms with Crippen molar-refractivity contribution in [1.82, 2.24) is 0 Å². The molecule has 3 heteroatoms. The van der Waals surface area contributed by atoms with E-state index in [1.54, 1.807) is 12.1 Å². The van der Waals surface area contributed by atoms with Crippen molar-refractivity contribution < 1.29 is 9.90 Å². The van der Waals surface area contributed by atoms with Crippen LogP contribution in [0.4, 0.5) is 0 Å². The summed E-state index contributed by atoms with van der Waals surface area (Å²) in [4.78, 5) is 10.7. The van der Waals surface area contributed by atoms with Crippen LogP contribution in [0.25, 0.3) is 0 Å². The molecular formula is C11H16O2Si. The maximum atomic E-state index is 10.7. The lowest BCUT2D eigenvalue weighted by atomic mass is 10.1. The summed E-state index contributed by atoms with van der Waals surface area (Å²) in [6, 6.07) is 8.27. The van der Waals surface area contributed by atoms with E-state index in [9.17, 15) is 4.79 Å². The van der Waals surface area contributed by atoms with Crippen LogP contribution < -0.4 is 0 Å². The standard InChI is InChI=1S/C11H16O2Si/c1-14(2,3)8-9-5-4-6-10(7-9)11(12)13/h4-7H,8H2,1-3H3,(H,12,13). The zero-order valence-corrected chi connectivity index (χ0v) is 9.87. The Morgan fingerprint density at radius 1 is 1.36 bits per heavy atom. The molecule has 0 saturated carbocycles. The number of aromatic carboxylic acids is 1. The topological polar surface area (TPSA) is 37.3 Å². The second-order valence-electron chi connectivity index (χ2n) is 4.74. The highest BCUT2D eigenvalue weighted by Gasteiger charge is 2.14. The van der Waals surface area contributed by atoms with Crippen LogP contribution in [-0.2, 0) is 6.04 Å². The third kappa shape index (κ3) is 3.34. The summed E-state index contributed by atoms with van der Waals surface area (Å²) in [5.41, 5.74) is 1.53. The second-order valence-corrected chi connectivity index (χ2v) is 10.2. The molecule has 0 heterocycles. The molecule has 76 valence electrons. The minimum absolute atomic E-state index is 0.390. The molecule has 1 aromatic carbocycles. The van der Waals surface area contributed by atoms with E-state index in [-0.39, 0.29) is 0 Å². The Balaban J connectivity index is 2.89. The summed E-state index contributed by atoms with van der Waals surface area (Å²) in [6.07, 6.45) is 0. The van der Waals surface area contributed by atoms with E-state index in [0.29, 0.717) is 5.56 Å². The lowest BCUT2D eigenvalue weighted by Gasteiger charge is -2.15. The minimum atomic E-state index is -1.15. The maximum Gasteiger partial charge on any atom is 0.335 e. The third-order valence-corrected chi connectivity index (χ3v) is 3.38. The monoisotopic (exact) mass is 208 g/mol. The summed E-state index contributed by atoms with van der Waals surface area (Å²) in [5, 5.41) is 8.82. The van der Waals surface area contributed by atoms with E-state index in [2.05, 4.69) is 19.6 Å². The lowest BCUT2D eigenvalue weighted by molar-refractivity contribution is 0.0697. The molecule has 0 amide bonds. The van der Waals surface area contributed by atoms with Crippen LogP contribution in [0.1, 0.15) is 15.9 Å². The first kappa shape index (κ1) is 11.0. The van der Waals surface area contributed by atoms with Crippen LogP contribution in [0.15, 0.2) is 24.3 Å². The Labute approximate surface area is 85.6 Å². The van der Waals surface area contributed by atoms with Gasteiger partial charge in [-0.3, -0.25) is 0 Å². The zero-order valence-electron chi connectivity index (χ0n) is 8.87. The van der Waals surface area contributed by atoms with Crippen LogP contribution in [0, 0.1) is 0 Å². The summed E-state index contributed by atoms with van der Waals surface area (Å²) >= 11 is 0. The first-order valence-electron chi connectivity index (χ1n) is 4.71. The molecule has 0 spiro atoms. The van der Waals surface area contributed by atoms with Gasteiger partial charge in [0.15, 0.2) is 0 Å². The van der Waals surface area contributed by atoms with Crippen molar-refractivity contribution in [3.8, 4) is 0 Å². The van der Waals surface area contributed by atoms with Gasteiger partial charge in [0, 0.05) is 8.07 Å². The van der Waals surface area contributed by atoms with Crippen molar-refractivity contribution in [3.63, 3.8) is 0 Å². The molecular weight excluding hydrogens is 192 g/mol. The van der Waals surface area contributed by atoms with E-state index in [1.807, 2.05) is 12.1 Å². The van der Waals surface area contributed by atoms with Gasteiger partial charge in [0.05, 0.1) is 5.56 Å². The second kappa shape index (κ2) is 3.96. The molecule has 0 aliphatic heterocycles. The fraction of sp³-hybridized carbons (Fsp3) is 0.364. The Kier molecular flexibility index (Phi) is 3.11. The first-order valence-corrected chi connectivity index (χ1v) is 8.41. The van der Waals surface area contributed by atoms with Gasteiger partial charge >= 0.3 is 5.97 Å². The molecule has 1 rings (SSSR count). The van der Waals surface area contributed by atoms with Crippen LogP contribution in [0.2, 0.25) is 19.6 Å². The smallest absolute Gasteiger partial charge is 0.335 e. The van der Waals surface area contributed by atoms with Gasteiger partial charge in [-0.05, 0) is 23.7 Å². The highest BCUT2D eigenvalue weighted by molar-refractivity contribution is 6.75. The van der Waals surface area contributed by atoms with Crippen molar-refractivity contribution >= 4 is 14.0 Å². The predicted molar refractivity (Wildman–Crippen MR) is 60.5 cm³/mol. The first-order chi connectivity index (χ1) is 6.38.